The summed E-state index contributed by atoms with van der Waals surface area (Å²) in [6.45, 7) is 5.34. The molecule has 1 aliphatic rings. The van der Waals surface area contributed by atoms with Gasteiger partial charge in [-0.15, -0.1) is 0 Å². The van der Waals surface area contributed by atoms with E-state index in [0.29, 0.717) is 6.04 Å². The molecule has 2 rings (SSSR count). The number of nitrogens with one attached hydrogen (secondary N) is 1. The third-order valence-electron chi connectivity index (χ3n) is 3.96. The summed E-state index contributed by atoms with van der Waals surface area (Å²) in [7, 11) is 1.70. The molecule has 3 heteroatoms. The average molecular weight is 277 g/mol. The molecule has 0 bridgehead atoms. The standard InChI is InChI=1S/C17H27NO2/c1-4-11-18-14-7-5-6-8-15(14)20-16-10-9-13(2)12-17(16)19-3/h9-10,12,14-15,18H,4-8,11H2,1-3H3. The maximum absolute atomic E-state index is 6.25. The van der Waals surface area contributed by atoms with Gasteiger partial charge in [-0.05, 0) is 56.8 Å². The molecular weight excluding hydrogens is 250 g/mol. The van der Waals surface area contributed by atoms with Gasteiger partial charge in [0.1, 0.15) is 6.10 Å². The lowest BCUT2D eigenvalue weighted by atomic mass is 9.92. The maximum atomic E-state index is 6.25. The second-order valence-electron chi connectivity index (χ2n) is 5.66. The predicted octanol–water partition coefficient (Wildman–Crippen LogP) is 3.69. The zero-order valence-electron chi connectivity index (χ0n) is 12.9. The van der Waals surface area contributed by atoms with Crippen LogP contribution >= 0.6 is 0 Å². The second kappa shape index (κ2) is 7.53. The Hall–Kier alpha value is -1.22. The Bertz CT molecular complexity index is 419. The number of aryl methyl sites for hydroxylation is 1. The van der Waals surface area contributed by atoms with Crippen LogP contribution in [-0.4, -0.2) is 25.8 Å². The van der Waals surface area contributed by atoms with Crippen molar-refractivity contribution < 1.29 is 9.47 Å². The molecule has 1 N–H and O–H groups in total. The number of hydrogen-bond donors (Lipinski definition) is 1. The molecule has 1 aromatic rings. The van der Waals surface area contributed by atoms with Gasteiger partial charge in [-0.1, -0.05) is 19.4 Å². The highest BCUT2D eigenvalue weighted by molar-refractivity contribution is 5.42. The highest BCUT2D eigenvalue weighted by Gasteiger charge is 2.26. The number of rotatable bonds is 6. The molecule has 0 saturated heterocycles. The minimum Gasteiger partial charge on any atom is -0.493 e. The molecule has 0 aromatic heterocycles. The fourth-order valence-electron chi connectivity index (χ4n) is 2.84. The van der Waals surface area contributed by atoms with Gasteiger partial charge in [0.05, 0.1) is 7.11 Å². The summed E-state index contributed by atoms with van der Waals surface area (Å²) in [6.07, 6.45) is 6.30. The van der Waals surface area contributed by atoms with Crippen LogP contribution in [0.1, 0.15) is 44.6 Å². The minimum absolute atomic E-state index is 0.256. The first-order valence-electron chi connectivity index (χ1n) is 7.79. The van der Waals surface area contributed by atoms with Gasteiger partial charge in [-0.3, -0.25) is 0 Å². The van der Waals surface area contributed by atoms with Gasteiger partial charge in [0.2, 0.25) is 0 Å². The quantitative estimate of drug-likeness (QED) is 0.860. The summed E-state index contributed by atoms with van der Waals surface area (Å²) in [5.74, 6) is 1.71. The highest BCUT2D eigenvalue weighted by atomic mass is 16.5. The topological polar surface area (TPSA) is 30.5 Å². The van der Waals surface area contributed by atoms with E-state index in [4.69, 9.17) is 9.47 Å². The van der Waals surface area contributed by atoms with E-state index >= 15 is 0 Å². The molecule has 112 valence electrons. The van der Waals surface area contributed by atoms with Crippen molar-refractivity contribution >= 4 is 0 Å². The molecule has 0 radical (unpaired) electrons. The van der Waals surface area contributed by atoms with Crippen LogP contribution in [0.5, 0.6) is 11.5 Å². The molecule has 0 heterocycles. The first kappa shape index (κ1) is 15.2. The van der Waals surface area contributed by atoms with E-state index < -0.39 is 0 Å². The molecule has 0 spiro atoms. The first-order chi connectivity index (χ1) is 9.74. The van der Waals surface area contributed by atoms with Crippen molar-refractivity contribution in [1.29, 1.82) is 0 Å². The average Bonchev–Trinajstić information content (AvgIpc) is 2.48. The summed E-state index contributed by atoms with van der Waals surface area (Å²) in [5.41, 5.74) is 1.19. The molecule has 0 amide bonds. The molecule has 2 unspecified atom stereocenters. The van der Waals surface area contributed by atoms with Crippen LogP contribution in [0.15, 0.2) is 18.2 Å². The normalized spacial score (nSPS) is 22.6. The fourth-order valence-corrected chi connectivity index (χ4v) is 2.84. The summed E-state index contributed by atoms with van der Waals surface area (Å²) >= 11 is 0. The van der Waals surface area contributed by atoms with Gasteiger partial charge in [0.25, 0.3) is 0 Å². The van der Waals surface area contributed by atoms with E-state index in [1.807, 2.05) is 12.1 Å². The van der Waals surface area contributed by atoms with Crippen molar-refractivity contribution in [3.63, 3.8) is 0 Å². The van der Waals surface area contributed by atoms with E-state index in [9.17, 15) is 0 Å². The summed E-state index contributed by atoms with van der Waals surface area (Å²) < 4.78 is 11.7. The zero-order valence-corrected chi connectivity index (χ0v) is 12.9. The molecule has 2 atom stereocenters. The van der Waals surface area contributed by atoms with Crippen molar-refractivity contribution in [2.75, 3.05) is 13.7 Å². The molecule has 1 aliphatic carbocycles. The molecule has 0 aliphatic heterocycles. The minimum atomic E-state index is 0.256. The fraction of sp³-hybridized carbons (Fsp3) is 0.647. The van der Waals surface area contributed by atoms with Crippen LogP contribution in [0.25, 0.3) is 0 Å². The first-order valence-corrected chi connectivity index (χ1v) is 7.79. The molecule has 20 heavy (non-hydrogen) atoms. The Kier molecular flexibility index (Phi) is 5.72. The summed E-state index contributed by atoms with van der Waals surface area (Å²) in [4.78, 5) is 0. The Morgan fingerprint density at radius 2 is 2.00 bits per heavy atom. The molecule has 1 fully saturated rings. The van der Waals surface area contributed by atoms with E-state index in [2.05, 4.69) is 25.2 Å². The van der Waals surface area contributed by atoms with Crippen molar-refractivity contribution in [1.82, 2.24) is 5.32 Å². The molecule has 1 saturated carbocycles. The van der Waals surface area contributed by atoms with Crippen molar-refractivity contribution in [3.05, 3.63) is 23.8 Å². The number of hydrogen-bond acceptors (Lipinski definition) is 3. The second-order valence-corrected chi connectivity index (χ2v) is 5.66. The van der Waals surface area contributed by atoms with E-state index in [1.54, 1.807) is 7.11 Å². The third-order valence-corrected chi connectivity index (χ3v) is 3.96. The number of benzene rings is 1. The smallest absolute Gasteiger partial charge is 0.161 e. The van der Waals surface area contributed by atoms with Gasteiger partial charge < -0.3 is 14.8 Å². The predicted molar refractivity (Wildman–Crippen MR) is 82.7 cm³/mol. The van der Waals surface area contributed by atoms with Crippen molar-refractivity contribution in [2.24, 2.45) is 0 Å². The van der Waals surface area contributed by atoms with Crippen LogP contribution < -0.4 is 14.8 Å². The van der Waals surface area contributed by atoms with Crippen LogP contribution in [0.3, 0.4) is 0 Å². The molecular formula is C17H27NO2. The third kappa shape index (κ3) is 3.89. The van der Waals surface area contributed by atoms with Gasteiger partial charge in [-0.25, -0.2) is 0 Å². The lowest BCUT2D eigenvalue weighted by molar-refractivity contribution is 0.110. The number of ether oxygens (including phenoxy) is 2. The molecule has 3 nitrogen and oxygen atoms in total. The van der Waals surface area contributed by atoms with Crippen LogP contribution in [0, 0.1) is 6.92 Å². The van der Waals surface area contributed by atoms with E-state index in [0.717, 1.165) is 30.9 Å². The Balaban J connectivity index is 2.06. The van der Waals surface area contributed by atoms with Crippen LogP contribution in [0.4, 0.5) is 0 Å². The Morgan fingerprint density at radius 3 is 2.75 bits per heavy atom. The van der Waals surface area contributed by atoms with Gasteiger partial charge in [0, 0.05) is 6.04 Å². The Labute approximate surface area is 122 Å². The Morgan fingerprint density at radius 1 is 1.20 bits per heavy atom. The maximum Gasteiger partial charge on any atom is 0.161 e. The van der Waals surface area contributed by atoms with Crippen LogP contribution in [0.2, 0.25) is 0 Å². The lowest BCUT2D eigenvalue weighted by Gasteiger charge is -2.33. The van der Waals surface area contributed by atoms with Crippen LogP contribution in [-0.2, 0) is 0 Å². The van der Waals surface area contributed by atoms with Crippen molar-refractivity contribution in [3.8, 4) is 11.5 Å². The van der Waals surface area contributed by atoms with Gasteiger partial charge in [-0.2, -0.15) is 0 Å². The molecule has 1 aromatic carbocycles. The SMILES string of the molecule is CCCNC1CCCCC1Oc1ccc(C)cc1OC. The number of methoxy groups -OCH3 is 1. The summed E-state index contributed by atoms with van der Waals surface area (Å²) in [5, 5.41) is 3.62. The zero-order chi connectivity index (χ0) is 14.4. The monoisotopic (exact) mass is 277 g/mol. The summed E-state index contributed by atoms with van der Waals surface area (Å²) in [6, 6.07) is 6.61. The van der Waals surface area contributed by atoms with E-state index in [1.165, 1.54) is 24.8 Å². The van der Waals surface area contributed by atoms with Crippen molar-refractivity contribution in [2.45, 2.75) is 58.1 Å². The lowest BCUT2D eigenvalue weighted by Crippen LogP contribution is -2.45. The largest absolute Gasteiger partial charge is 0.493 e. The van der Waals surface area contributed by atoms with E-state index in [-0.39, 0.29) is 6.10 Å². The van der Waals surface area contributed by atoms with Gasteiger partial charge in [0.15, 0.2) is 11.5 Å². The highest BCUT2D eigenvalue weighted by Crippen LogP contribution is 2.31. The van der Waals surface area contributed by atoms with Gasteiger partial charge >= 0.3 is 0 Å².